The molecule has 0 aliphatic carbocycles. The van der Waals surface area contributed by atoms with Crippen LogP contribution in [0.3, 0.4) is 0 Å². The highest BCUT2D eigenvalue weighted by molar-refractivity contribution is 6.46. The summed E-state index contributed by atoms with van der Waals surface area (Å²) in [4.78, 5) is 54.6. The largest absolute Gasteiger partial charge is 0.354 e. The minimum atomic E-state index is -0.529. The number of rotatable bonds is 2. The van der Waals surface area contributed by atoms with Gasteiger partial charge < -0.3 is 14.8 Å². The minimum Gasteiger partial charge on any atom is -0.354 e. The molecule has 1 atom stereocenters. The number of carbonyl (C=O) groups excluding carboxylic acids is 3. The third kappa shape index (κ3) is 2.95. The molecule has 0 spiro atoms. The summed E-state index contributed by atoms with van der Waals surface area (Å²) in [5.74, 6) is -1.14. The van der Waals surface area contributed by atoms with E-state index in [1.165, 1.54) is 0 Å². The average Bonchev–Trinajstić information content (AvgIpc) is 3.28. The quantitative estimate of drug-likeness (QED) is 0.486. The molecule has 162 valence electrons. The lowest BCUT2D eigenvalue weighted by Crippen LogP contribution is -2.56. The second-order valence-electron chi connectivity index (χ2n) is 8.20. The highest BCUT2D eigenvalue weighted by atomic mass is 16.2. The van der Waals surface area contributed by atoms with Crippen LogP contribution in [0.4, 0.5) is 0 Å². The Labute approximate surface area is 188 Å². The number of Topliss-reactive ketones (excluding diaryl/α,β-unsaturated/α-hetero) is 1. The molecule has 2 aliphatic heterocycles. The second-order valence-corrected chi connectivity index (χ2v) is 8.20. The normalized spacial score (nSPS) is 17.8. The predicted molar refractivity (Wildman–Crippen MR) is 120 cm³/mol. The molecule has 4 aromatic rings. The number of aromatic amines is 1. The van der Waals surface area contributed by atoms with Crippen molar-refractivity contribution < 1.29 is 14.4 Å². The van der Waals surface area contributed by atoms with Crippen molar-refractivity contribution in [3.8, 4) is 11.3 Å². The zero-order valence-electron chi connectivity index (χ0n) is 17.6. The molecule has 0 unspecified atom stereocenters. The number of benzene rings is 1. The number of hydrogen-bond donors (Lipinski definition) is 1. The third-order valence-electron chi connectivity index (χ3n) is 6.39. The molecule has 2 amide bonds. The molecule has 8 nitrogen and oxygen atoms in total. The van der Waals surface area contributed by atoms with E-state index in [1.807, 2.05) is 30.3 Å². The topological polar surface area (TPSA) is 99.3 Å². The van der Waals surface area contributed by atoms with Crippen LogP contribution in [0.2, 0.25) is 0 Å². The monoisotopic (exact) mass is 437 g/mol. The number of H-pyrrole nitrogens is 1. The van der Waals surface area contributed by atoms with Crippen LogP contribution < -0.4 is 0 Å². The van der Waals surface area contributed by atoms with Gasteiger partial charge >= 0.3 is 0 Å². The van der Waals surface area contributed by atoms with Gasteiger partial charge in [-0.15, -0.1) is 0 Å². The Hall–Kier alpha value is -4.33. The van der Waals surface area contributed by atoms with Gasteiger partial charge in [-0.25, -0.2) is 0 Å². The molecule has 8 heteroatoms. The maximum atomic E-state index is 13.1. The molecule has 3 aromatic heterocycles. The predicted octanol–water partition coefficient (Wildman–Crippen LogP) is 2.85. The van der Waals surface area contributed by atoms with Gasteiger partial charge in [0.1, 0.15) is 0 Å². The summed E-state index contributed by atoms with van der Waals surface area (Å²) in [5, 5.41) is 0.656. The van der Waals surface area contributed by atoms with Crippen LogP contribution >= 0.6 is 0 Å². The Morgan fingerprint density at radius 1 is 1.00 bits per heavy atom. The van der Waals surface area contributed by atoms with E-state index < -0.39 is 17.7 Å². The fourth-order valence-corrected chi connectivity index (χ4v) is 4.81. The molecule has 6 rings (SSSR count). The maximum absolute atomic E-state index is 13.1. The van der Waals surface area contributed by atoms with E-state index in [1.54, 1.807) is 46.6 Å². The van der Waals surface area contributed by atoms with Crippen molar-refractivity contribution in [1.82, 2.24) is 24.8 Å². The fraction of sp³-hybridized carbons (Fsp3) is 0.160. The summed E-state index contributed by atoms with van der Waals surface area (Å²) in [6.45, 7) is 0.986. The number of aromatic nitrogens is 3. The Morgan fingerprint density at radius 3 is 2.64 bits per heavy atom. The van der Waals surface area contributed by atoms with E-state index >= 15 is 0 Å². The summed E-state index contributed by atoms with van der Waals surface area (Å²) in [6, 6.07) is 14.1. The van der Waals surface area contributed by atoms with E-state index in [4.69, 9.17) is 0 Å². The zero-order valence-corrected chi connectivity index (χ0v) is 17.6. The van der Waals surface area contributed by atoms with Gasteiger partial charge in [0, 0.05) is 54.7 Å². The van der Waals surface area contributed by atoms with E-state index in [0.29, 0.717) is 53.1 Å². The molecule has 2 aliphatic rings. The second kappa shape index (κ2) is 7.37. The highest BCUT2D eigenvalue weighted by Gasteiger charge is 2.44. The summed E-state index contributed by atoms with van der Waals surface area (Å²) in [7, 11) is 0. The maximum Gasteiger partial charge on any atom is 0.295 e. The standard InChI is InChI=1S/C25H19N5O3/c31-23-19-17-8-10-27-20(16-7-4-9-26-13-16)21(17)28-22(19)18-14-29(11-12-30(18)25(23)33)24(32)15-5-2-1-3-6-15/h1-10,13,18,28H,11-12,14H2/t18-/m0/s1. The van der Waals surface area contributed by atoms with Crippen molar-refractivity contribution in [2.24, 2.45) is 0 Å². The molecule has 0 radical (unpaired) electrons. The summed E-state index contributed by atoms with van der Waals surface area (Å²) in [5.41, 5.74) is 3.78. The first-order valence-corrected chi connectivity index (χ1v) is 10.7. The first-order valence-electron chi connectivity index (χ1n) is 10.7. The summed E-state index contributed by atoms with van der Waals surface area (Å²) in [6.07, 6.45) is 5.03. The van der Waals surface area contributed by atoms with Crippen LogP contribution in [-0.2, 0) is 4.79 Å². The number of hydrogen-bond acceptors (Lipinski definition) is 5. The van der Waals surface area contributed by atoms with Crippen molar-refractivity contribution in [2.45, 2.75) is 6.04 Å². The number of nitrogens with zero attached hydrogens (tertiary/aromatic N) is 4. The third-order valence-corrected chi connectivity index (χ3v) is 6.39. The van der Waals surface area contributed by atoms with Crippen LogP contribution in [0.15, 0.2) is 67.1 Å². The first-order chi connectivity index (χ1) is 16.1. The molecule has 1 N–H and O–H groups in total. The van der Waals surface area contributed by atoms with E-state index in [-0.39, 0.29) is 5.91 Å². The van der Waals surface area contributed by atoms with Crippen molar-refractivity contribution in [3.63, 3.8) is 0 Å². The van der Waals surface area contributed by atoms with Crippen LogP contribution in [0.5, 0.6) is 0 Å². The molecule has 1 saturated heterocycles. The van der Waals surface area contributed by atoms with Gasteiger partial charge in [0.25, 0.3) is 17.6 Å². The Morgan fingerprint density at radius 2 is 1.85 bits per heavy atom. The van der Waals surface area contributed by atoms with Gasteiger partial charge in [-0.1, -0.05) is 18.2 Å². The van der Waals surface area contributed by atoms with Crippen LogP contribution in [0.1, 0.15) is 32.5 Å². The van der Waals surface area contributed by atoms with Crippen LogP contribution in [-0.4, -0.2) is 62.0 Å². The fourth-order valence-electron chi connectivity index (χ4n) is 4.81. The lowest BCUT2D eigenvalue weighted by molar-refractivity contribution is -0.131. The number of pyridine rings is 2. The molecule has 0 saturated carbocycles. The van der Waals surface area contributed by atoms with Gasteiger partial charge in [-0.2, -0.15) is 0 Å². The van der Waals surface area contributed by atoms with E-state index in [0.717, 1.165) is 5.56 Å². The van der Waals surface area contributed by atoms with Gasteiger partial charge in [-0.3, -0.25) is 24.4 Å². The molecule has 1 aromatic carbocycles. The van der Waals surface area contributed by atoms with Crippen molar-refractivity contribution >= 4 is 28.5 Å². The summed E-state index contributed by atoms with van der Waals surface area (Å²) < 4.78 is 0. The molecule has 33 heavy (non-hydrogen) atoms. The van der Waals surface area contributed by atoms with Crippen LogP contribution in [0, 0.1) is 0 Å². The van der Waals surface area contributed by atoms with Gasteiger partial charge in [0.05, 0.1) is 28.5 Å². The Bertz CT molecular complexity index is 1410. The number of amides is 2. The number of fused-ring (bicyclic) bond motifs is 5. The number of ketones is 1. The van der Waals surface area contributed by atoms with Crippen molar-refractivity contribution in [3.05, 3.63) is 83.9 Å². The van der Waals surface area contributed by atoms with Gasteiger partial charge in [0.15, 0.2) is 0 Å². The average molecular weight is 437 g/mol. The molecular weight excluding hydrogens is 418 g/mol. The highest BCUT2D eigenvalue weighted by Crippen LogP contribution is 2.39. The smallest absolute Gasteiger partial charge is 0.295 e. The molecular formula is C25H19N5O3. The van der Waals surface area contributed by atoms with Crippen molar-refractivity contribution in [2.75, 3.05) is 19.6 Å². The zero-order chi connectivity index (χ0) is 22.5. The molecule has 5 heterocycles. The van der Waals surface area contributed by atoms with E-state index in [9.17, 15) is 14.4 Å². The Kier molecular flexibility index (Phi) is 4.33. The molecule has 1 fully saturated rings. The number of piperazine rings is 1. The lowest BCUT2D eigenvalue weighted by Gasteiger charge is -2.43. The lowest BCUT2D eigenvalue weighted by atomic mass is 9.93. The van der Waals surface area contributed by atoms with E-state index in [2.05, 4.69) is 15.0 Å². The summed E-state index contributed by atoms with van der Waals surface area (Å²) >= 11 is 0. The minimum absolute atomic E-state index is 0.0880. The van der Waals surface area contributed by atoms with Gasteiger partial charge in [0.2, 0.25) is 0 Å². The SMILES string of the molecule is O=C1C(=O)N2CCN(C(=O)c3ccccc3)C[C@H]2c2[nH]c3c(-c4cccnc4)nccc3c21. The first kappa shape index (κ1) is 19.4. The molecule has 0 bridgehead atoms. The number of nitrogens with one attached hydrogen (secondary N) is 1. The van der Waals surface area contributed by atoms with Crippen LogP contribution in [0.25, 0.3) is 22.2 Å². The number of carbonyl (C=O) groups is 3. The Balaban J connectivity index is 1.46. The van der Waals surface area contributed by atoms with Gasteiger partial charge in [-0.05, 0) is 30.3 Å². The van der Waals surface area contributed by atoms with Crippen molar-refractivity contribution in [1.29, 1.82) is 0 Å².